The Labute approximate surface area is 389 Å². The van der Waals surface area contributed by atoms with Gasteiger partial charge in [0.1, 0.15) is 0 Å². The van der Waals surface area contributed by atoms with Gasteiger partial charge in [0.15, 0.2) is 0 Å². The number of aliphatic hydroxyl groups is 2. The molecule has 12 nitrogen and oxygen atoms in total. The Hall–Kier alpha value is -5.40. The van der Waals surface area contributed by atoms with Crippen LogP contribution in [-0.4, -0.2) is 108 Å². The minimum atomic E-state index is -0.841. The molecule has 2 saturated heterocycles. The first-order valence-electron chi connectivity index (χ1n) is 24.1. The molecule has 348 valence electrons. The second-order valence-electron chi connectivity index (χ2n) is 19.8. The number of hydrogen-bond acceptors (Lipinski definition) is 8. The van der Waals surface area contributed by atoms with E-state index in [0.717, 1.165) is 100 Å². The fourth-order valence-corrected chi connectivity index (χ4v) is 12.3. The Morgan fingerprint density at radius 3 is 1.27 bits per heavy atom. The maximum atomic E-state index is 13.7. The molecule has 4 aromatic rings. The summed E-state index contributed by atoms with van der Waals surface area (Å²) in [5.41, 5.74) is 7.25. The van der Waals surface area contributed by atoms with Gasteiger partial charge >= 0.3 is 0 Å². The molecule has 12 heteroatoms. The predicted molar refractivity (Wildman–Crippen MR) is 256 cm³/mol. The van der Waals surface area contributed by atoms with E-state index in [1.165, 1.54) is 22.3 Å². The molecule has 4 amide bonds. The van der Waals surface area contributed by atoms with Crippen LogP contribution in [0.2, 0.25) is 0 Å². The van der Waals surface area contributed by atoms with Gasteiger partial charge in [-0.25, -0.2) is 0 Å². The number of benzene rings is 4. The molecule has 6 atom stereocenters. The highest BCUT2D eigenvalue weighted by Crippen LogP contribution is 2.48. The summed E-state index contributed by atoms with van der Waals surface area (Å²) in [5, 5.41) is 27.1. The Bertz CT molecular complexity index is 2290. The quantitative estimate of drug-likeness (QED) is 0.172. The summed E-state index contributed by atoms with van der Waals surface area (Å²) >= 11 is 0. The number of amides is 4. The van der Waals surface area contributed by atoms with Gasteiger partial charge in [-0.1, -0.05) is 84.9 Å². The molecule has 6 aliphatic rings. The van der Waals surface area contributed by atoms with Crippen LogP contribution >= 0.6 is 0 Å². The van der Waals surface area contributed by atoms with E-state index in [1.807, 2.05) is 72.2 Å². The molecule has 4 heterocycles. The highest BCUT2D eigenvalue weighted by Gasteiger charge is 2.52. The number of hydrogen-bond donors (Lipinski definition) is 4. The molecule has 0 spiro atoms. The lowest BCUT2D eigenvalue weighted by atomic mass is 9.80. The number of aliphatic hydroxyl groups excluding tert-OH is 2. The van der Waals surface area contributed by atoms with E-state index < -0.39 is 10.8 Å². The molecule has 0 bridgehead atoms. The van der Waals surface area contributed by atoms with E-state index in [0.29, 0.717) is 0 Å². The molecule has 0 radical (unpaired) electrons. The number of carbonyl (C=O) groups excluding carboxylic acids is 4. The maximum absolute atomic E-state index is 13.7. The number of rotatable bonds is 8. The van der Waals surface area contributed by atoms with Crippen molar-refractivity contribution in [2.45, 2.75) is 125 Å². The average Bonchev–Trinajstić information content (AvgIpc) is 3.70. The van der Waals surface area contributed by atoms with Crippen molar-refractivity contribution in [3.8, 4) is 0 Å². The van der Waals surface area contributed by atoms with Gasteiger partial charge in [-0.05, 0) is 111 Å². The number of nitrogens with zero attached hydrogens (tertiary/aromatic N) is 4. The largest absolute Gasteiger partial charge is 0.391 e. The van der Waals surface area contributed by atoms with Crippen LogP contribution in [0.25, 0.3) is 0 Å². The first-order valence-corrected chi connectivity index (χ1v) is 24.1. The molecule has 4 N–H and O–H groups in total. The van der Waals surface area contributed by atoms with Crippen molar-refractivity contribution in [3.63, 3.8) is 0 Å². The SMILES string of the molecule is CNC(=O)C[C@@]1(C)C(=O)N(C2CCN([C@@H]3c4ccccc4CC[C@H]3O)CC2)c2ccccc21.CNC(=O)C[C@]1(C)C(=O)N(C2CCN([C@@H]3c4ccccc4CC[C@H]3O)CC2)c2ccccc21. The standard InChI is InChI=1S/2C27H33N3O3/c2*1-27(17-24(32)28-2)21-9-5-6-10-22(21)30(26(27)33)19-13-15-29(16-14-19)25-20-8-4-3-7-18(20)11-12-23(25)31/h2*3-10,19,23,25,31H,11-17H2,1-2H3,(H,28,32)/t23-,25-,27+;23-,25-,27-/m11/s1. The molecule has 0 unspecified atom stereocenters. The summed E-state index contributed by atoms with van der Waals surface area (Å²) in [4.78, 5) is 60.7. The Morgan fingerprint density at radius 1 is 0.545 bits per heavy atom. The molecule has 0 saturated carbocycles. The number of aryl methyl sites for hydroxylation is 2. The van der Waals surface area contributed by atoms with Gasteiger partial charge in [-0.3, -0.25) is 29.0 Å². The normalized spacial score (nSPS) is 27.8. The van der Waals surface area contributed by atoms with Gasteiger partial charge < -0.3 is 30.6 Å². The van der Waals surface area contributed by atoms with Crippen LogP contribution in [0.4, 0.5) is 11.4 Å². The van der Waals surface area contributed by atoms with E-state index in [9.17, 15) is 29.4 Å². The number of likely N-dealkylation sites (tertiary alicyclic amines) is 2. The number of para-hydroxylation sites is 2. The molecule has 0 aromatic heterocycles. The number of fused-ring (bicyclic) bond motifs is 4. The van der Waals surface area contributed by atoms with E-state index in [4.69, 9.17) is 0 Å². The lowest BCUT2D eigenvalue weighted by molar-refractivity contribution is -0.129. The zero-order chi connectivity index (χ0) is 46.3. The lowest BCUT2D eigenvalue weighted by Gasteiger charge is -2.44. The monoisotopic (exact) mass is 895 g/mol. The van der Waals surface area contributed by atoms with Gasteiger partial charge in [-0.15, -0.1) is 0 Å². The molecule has 10 rings (SSSR count). The average molecular weight is 895 g/mol. The third-order valence-corrected chi connectivity index (χ3v) is 15.9. The van der Waals surface area contributed by atoms with E-state index in [1.54, 1.807) is 14.1 Å². The highest BCUT2D eigenvalue weighted by molar-refractivity contribution is 6.11. The highest BCUT2D eigenvalue weighted by atomic mass is 16.3. The van der Waals surface area contributed by atoms with E-state index in [-0.39, 0.29) is 72.8 Å². The number of anilines is 2. The zero-order valence-electron chi connectivity index (χ0n) is 38.9. The Balaban J connectivity index is 0.000000166. The van der Waals surface area contributed by atoms with Crippen molar-refractivity contribution < 1.29 is 29.4 Å². The molecule has 66 heavy (non-hydrogen) atoms. The minimum Gasteiger partial charge on any atom is -0.391 e. The van der Waals surface area contributed by atoms with Gasteiger partial charge in [-0.2, -0.15) is 0 Å². The molecular formula is C54H66N6O6. The summed E-state index contributed by atoms with van der Waals surface area (Å²) in [6.45, 7) is 7.12. The first-order chi connectivity index (χ1) is 31.9. The lowest BCUT2D eigenvalue weighted by Crippen LogP contribution is -2.51. The molecule has 2 aliphatic carbocycles. The molecule has 4 aromatic carbocycles. The molecule has 2 fully saturated rings. The summed E-state index contributed by atoms with van der Waals surface area (Å²) in [6, 6.07) is 33.0. The Morgan fingerprint density at radius 2 is 0.894 bits per heavy atom. The van der Waals surface area contributed by atoms with Crippen LogP contribution in [0, 0.1) is 0 Å². The van der Waals surface area contributed by atoms with Gasteiger partial charge in [0, 0.05) is 76.6 Å². The van der Waals surface area contributed by atoms with E-state index >= 15 is 0 Å². The Kier molecular flexibility index (Phi) is 13.0. The second kappa shape index (κ2) is 18.7. The van der Waals surface area contributed by atoms with Crippen molar-refractivity contribution in [1.29, 1.82) is 0 Å². The zero-order valence-corrected chi connectivity index (χ0v) is 38.9. The smallest absolute Gasteiger partial charge is 0.238 e. The van der Waals surface area contributed by atoms with Crippen molar-refractivity contribution in [3.05, 3.63) is 130 Å². The topological polar surface area (TPSA) is 146 Å². The number of nitrogens with one attached hydrogen (secondary N) is 2. The van der Waals surface area contributed by atoms with Crippen LogP contribution in [0.5, 0.6) is 0 Å². The maximum Gasteiger partial charge on any atom is 0.238 e. The van der Waals surface area contributed by atoms with Crippen LogP contribution < -0.4 is 20.4 Å². The van der Waals surface area contributed by atoms with Crippen molar-refractivity contribution in [2.75, 3.05) is 50.1 Å². The van der Waals surface area contributed by atoms with Gasteiger partial charge in [0.25, 0.3) is 0 Å². The van der Waals surface area contributed by atoms with Crippen LogP contribution in [0.3, 0.4) is 0 Å². The fourth-order valence-electron chi connectivity index (χ4n) is 12.3. The molecule has 4 aliphatic heterocycles. The summed E-state index contributed by atoms with van der Waals surface area (Å²) in [7, 11) is 3.23. The first kappa shape index (κ1) is 45.7. The van der Waals surface area contributed by atoms with Gasteiger partial charge in [0.2, 0.25) is 23.6 Å². The fraction of sp³-hybridized carbons (Fsp3) is 0.481. The molecular weight excluding hydrogens is 829 g/mol. The summed E-state index contributed by atoms with van der Waals surface area (Å²) in [5.74, 6) is -0.202. The van der Waals surface area contributed by atoms with Crippen LogP contribution in [0.1, 0.15) is 111 Å². The number of piperidine rings is 2. The van der Waals surface area contributed by atoms with E-state index in [2.05, 4.69) is 69.0 Å². The van der Waals surface area contributed by atoms with Crippen molar-refractivity contribution >= 4 is 35.0 Å². The second-order valence-corrected chi connectivity index (χ2v) is 19.8. The van der Waals surface area contributed by atoms with Crippen molar-refractivity contribution in [1.82, 2.24) is 20.4 Å². The van der Waals surface area contributed by atoms with Crippen LogP contribution in [-0.2, 0) is 42.8 Å². The summed E-state index contributed by atoms with van der Waals surface area (Å²) < 4.78 is 0. The predicted octanol–water partition coefficient (Wildman–Crippen LogP) is 5.88. The number of carbonyl (C=O) groups is 4. The third-order valence-electron chi connectivity index (χ3n) is 15.9. The van der Waals surface area contributed by atoms with Crippen molar-refractivity contribution in [2.24, 2.45) is 0 Å². The third kappa shape index (κ3) is 8.13. The minimum absolute atomic E-state index is 0.0220. The summed E-state index contributed by atoms with van der Waals surface area (Å²) in [6.07, 6.45) is 6.41. The van der Waals surface area contributed by atoms with Gasteiger partial charge in [0.05, 0.1) is 35.1 Å². The van der Waals surface area contributed by atoms with Crippen LogP contribution in [0.15, 0.2) is 97.1 Å².